The number of benzene rings is 11. The van der Waals surface area contributed by atoms with Crippen LogP contribution < -0.4 is 0 Å². The predicted octanol–water partition coefficient (Wildman–Crippen LogP) is 16.9. The normalized spacial score (nSPS) is 11.8. The molecule has 2 heteroatoms. The second-order valence-electron chi connectivity index (χ2n) is 16.9. The molecule has 2 nitrogen and oxygen atoms in total. The van der Waals surface area contributed by atoms with Gasteiger partial charge in [-0.2, -0.15) is 0 Å². The first-order chi connectivity index (χ1) is 31.7. The molecule has 0 aliphatic carbocycles. The number of rotatable bonds is 6. The molecule has 0 spiro atoms. The van der Waals surface area contributed by atoms with Gasteiger partial charge in [0.25, 0.3) is 0 Å². The highest BCUT2D eigenvalue weighted by Crippen LogP contribution is 2.39. The lowest BCUT2D eigenvalue weighted by Crippen LogP contribution is -1.93. The Morgan fingerprint density at radius 1 is 0.188 bits per heavy atom. The minimum atomic E-state index is 1.17. The summed E-state index contributed by atoms with van der Waals surface area (Å²) in [6, 6.07) is 89.0. The van der Waals surface area contributed by atoms with Gasteiger partial charge in [-0.05, 0) is 127 Å². The average Bonchev–Trinajstić information content (AvgIpc) is 3.89. The van der Waals surface area contributed by atoms with E-state index in [-0.39, 0.29) is 0 Å². The summed E-state index contributed by atoms with van der Waals surface area (Å²) in [5.74, 6) is 0. The average molecular weight is 813 g/mol. The van der Waals surface area contributed by atoms with Crippen molar-refractivity contribution >= 4 is 65.2 Å². The quantitative estimate of drug-likeness (QED) is 0.148. The van der Waals surface area contributed by atoms with Crippen molar-refractivity contribution in [1.82, 2.24) is 9.13 Å². The summed E-state index contributed by atoms with van der Waals surface area (Å²) >= 11 is 0. The number of para-hydroxylation sites is 4. The van der Waals surface area contributed by atoms with E-state index in [0.29, 0.717) is 0 Å². The molecule has 0 aliphatic heterocycles. The molecule has 0 radical (unpaired) electrons. The lowest BCUT2D eigenvalue weighted by molar-refractivity contribution is 1.18. The van der Waals surface area contributed by atoms with Gasteiger partial charge in [-0.1, -0.05) is 182 Å². The van der Waals surface area contributed by atoms with Crippen molar-refractivity contribution in [3.63, 3.8) is 0 Å². The number of hydrogen-bond donors (Lipinski definition) is 0. The van der Waals surface area contributed by atoms with E-state index in [4.69, 9.17) is 0 Å². The Kier molecular flexibility index (Phi) is 8.25. The van der Waals surface area contributed by atoms with Gasteiger partial charge in [0.2, 0.25) is 0 Å². The SMILES string of the molecule is c1ccc(-n2c3ccccc3c3ccc(-c4ccc(-c5ccc6ccc7ccc(-c8ccc(-c9ccc%10c%11ccccc%11n(-c%11ccccc%11)c%10c9)cc8)cc7c6c5)cc4)cc32)cc1. The zero-order valence-corrected chi connectivity index (χ0v) is 35.0. The van der Waals surface area contributed by atoms with Crippen LogP contribution >= 0.6 is 0 Å². The lowest BCUT2D eigenvalue weighted by Gasteiger charge is -2.11. The maximum absolute atomic E-state index is 2.39. The van der Waals surface area contributed by atoms with Crippen LogP contribution in [-0.4, -0.2) is 9.13 Å². The van der Waals surface area contributed by atoms with Crippen molar-refractivity contribution < 1.29 is 0 Å². The lowest BCUT2D eigenvalue weighted by atomic mass is 9.93. The molecule has 0 aliphatic rings. The molecule has 64 heavy (non-hydrogen) atoms. The fraction of sp³-hybridized carbons (Fsp3) is 0. The molecule has 0 N–H and O–H groups in total. The molecule has 0 bridgehead atoms. The van der Waals surface area contributed by atoms with E-state index in [1.54, 1.807) is 0 Å². The first-order valence-corrected chi connectivity index (χ1v) is 22.1. The van der Waals surface area contributed by atoms with Gasteiger partial charge < -0.3 is 9.13 Å². The zero-order valence-electron chi connectivity index (χ0n) is 35.0. The maximum Gasteiger partial charge on any atom is 0.0547 e. The van der Waals surface area contributed by atoms with Crippen molar-refractivity contribution in [1.29, 1.82) is 0 Å². The standard InChI is InChI=1S/C62H40N2/c1-3-11-51(12-4-1)63-59-17-9-7-15-53(59)55-35-33-49(39-61(55)63)43-23-19-41(20-24-43)47-31-29-45-27-28-46-30-32-48(38-58(46)57(45)37-47)42-21-25-44(26-22-42)50-34-36-56-54-16-8-10-18-60(54)64(62(56)40-50)52-13-5-2-6-14-52/h1-40H. The number of hydrogen-bond acceptors (Lipinski definition) is 0. The maximum atomic E-state index is 2.39. The van der Waals surface area contributed by atoms with Crippen LogP contribution in [0.5, 0.6) is 0 Å². The molecule has 13 rings (SSSR count). The van der Waals surface area contributed by atoms with Gasteiger partial charge in [-0.15, -0.1) is 0 Å². The monoisotopic (exact) mass is 812 g/mol. The third-order valence-corrected chi connectivity index (χ3v) is 13.3. The van der Waals surface area contributed by atoms with Crippen LogP contribution in [0.2, 0.25) is 0 Å². The molecular formula is C62H40N2. The molecular weight excluding hydrogens is 773 g/mol. The second kappa shape index (κ2) is 14.6. The van der Waals surface area contributed by atoms with Gasteiger partial charge in [0.05, 0.1) is 22.1 Å². The summed E-state index contributed by atoms with van der Waals surface area (Å²) in [7, 11) is 0. The highest BCUT2D eigenvalue weighted by molar-refractivity contribution is 6.12. The Balaban J connectivity index is 0.827. The van der Waals surface area contributed by atoms with E-state index < -0.39 is 0 Å². The molecule has 0 atom stereocenters. The summed E-state index contributed by atoms with van der Waals surface area (Å²) in [5.41, 5.74) is 16.9. The van der Waals surface area contributed by atoms with Crippen molar-refractivity contribution in [3.8, 4) is 55.9 Å². The fourth-order valence-corrected chi connectivity index (χ4v) is 10.1. The summed E-state index contributed by atoms with van der Waals surface area (Å²) < 4.78 is 4.77. The third kappa shape index (κ3) is 5.88. The minimum absolute atomic E-state index is 1.17. The van der Waals surface area contributed by atoms with Crippen LogP contribution in [0.4, 0.5) is 0 Å². The predicted molar refractivity (Wildman–Crippen MR) is 272 cm³/mol. The summed E-state index contributed by atoms with van der Waals surface area (Å²) in [6.07, 6.45) is 0. The molecule has 2 heterocycles. The Morgan fingerprint density at radius 3 is 0.891 bits per heavy atom. The van der Waals surface area contributed by atoms with Crippen LogP contribution in [0, 0.1) is 0 Å². The van der Waals surface area contributed by atoms with Gasteiger partial charge in [0, 0.05) is 32.9 Å². The smallest absolute Gasteiger partial charge is 0.0547 e. The minimum Gasteiger partial charge on any atom is -0.309 e. The molecule has 298 valence electrons. The molecule has 0 saturated carbocycles. The van der Waals surface area contributed by atoms with Crippen molar-refractivity contribution in [2.45, 2.75) is 0 Å². The van der Waals surface area contributed by atoms with E-state index in [0.717, 1.165) is 0 Å². The number of nitrogens with zero attached hydrogens (tertiary/aromatic N) is 2. The van der Waals surface area contributed by atoms with Crippen LogP contribution in [0.3, 0.4) is 0 Å². The van der Waals surface area contributed by atoms with Crippen molar-refractivity contribution in [2.24, 2.45) is 0 Å². The van der Waals surface area contributed by atoms with Gasteiger partial charge in [0.1, 0.15) is 0 Å². The molecule has 0 unspecified atom stereocenters. The van der Waals surface area contributed by atoms with Gasteiger partial charge in [-0.3, -0.25) is 0 Å². The second-order valence-corrected chi connectivity index (χ2v) is 16.9. The molecule has 11 aromatic carbocycles. The van der Waals surface area contributed by atoms with Crippen LogP contribution in [0.15, 0.2) is 243 Å². The Bertz CT molecular complexity index is 3650. The molecule has 0 amide bonds. The molecule has 2 aromatic heterocycles. The topological polar surface area (TPSA) is 9.86 Å². The van der Waals surface area contributed by atoms with E-state index in [1.165, 1.54) is 121 Å². The summed E-state index contributed by atoms with van der Waals surface area (Å²) in [5, 5.41) is 10.1. The first-order valence-electron chi connectivity index (χ1n) is 22.1. The largest absolute Gasteiger partial charge is 0.309 e. The van der Waals surface area contributed by atoms with E-state index in [9.17, 15) is 0 Å². The van der Waals surface area contributed by atoms with E-state index >= 15 is 0 Å². The van der Waals surface area contributed by atoms with E-state index in [2.05, 4.69) is 252 Å². The van der Waals surface area contributed by atoms with Gasteiger partial charge in [-0.25, -0.2) is 0 Å². The number of fused-ring (bicyclic) bond motifs is 9. The number of aromatic nitrogens is 2. The van der Waals surface area contributed by atoms with Crippen LogP contribution in [0.1, 0.15) is 0 Å². The third-order valence-electron chi connectivity index (χ3n) is 13.3. The first kappa shape index (κ1) is 36.2. The van der Waals surface area contributed by atoms with Crippen molar-refractivity contribution in [2.75, 3.05) is 0 Å². The zero-order chi connectivity index (χ0) is 42.1. The molecule has 0 fully saturated rings. The molecule has 13 aromatic rings. The Hall–Kier alpha value is -8.46. The Morgan fingerprint density at radius 2 is 0.484 bits per heavy atom. The summed E-state index contributed by atoms with van der Waals surface area (Å²) in [4.78, 5) is 0. The highest BCUT2D eigenvalue weighted by Gasteiger charge is 2.15. The summed E-state index contributed by atoms with van der Waals surface area (Å²) in [6.45, 7) is 0. The van der Waals surface area contributed by atoms with Gasteiger partial charge >= 0.3 is 0 Å². The van der Waals surface area contributed by atoms with Crippen LogP contribution in [-0.2, 0) is 0 Å². The Labute approximate surface area is 371 Å². The van der Waals surface area contributed by atoms with Gasteiger partial charge in [0.15, 0.2) is 0 Å². The van der Waals surface area contributed by atoms with Crippen LogP contribution in [0.25, 0.3) is 121 Å². The van der Waals surface area contributed by atoms with E-state index in [1.807, 2.05) is 0 Å². The highest BCUT2D eigenvalue weighted by atomic mass is 15.0. The van der Waals surface area contributed by atoms with Crippen molar-refractivity contribution in [3.05, 3.63) is 243 Å². The molecule has 0 saturated heterocycles. The fourth-order valence-electron chi connectivity index (χ4n) is 10.1.